The Morgan fingerprint density at radius 3 is 2.82 bits per heavy atom. The fourth-order valence-electron chi connectivity index (χ4n) is 1.77. The molecule has 0 saturated heterocycles. The Morgan fingerprint density at radius 2 is 2.12 bits per heavy atom. The van der Waals surface area contributed by atoms with Crippen LogP contribution in [0.4, 0.5) is 0 Å². The quantitative estimate of drug-likeness (QED) is 0.749. The van der Waals surface area contributed by atoms with Crippen molar-refractivity contribution >= 4 is 35.0 Å². The third-order valence-corrected chi connectivity index (χ3v) is 3.71. The second-order valence-electron chi connectivity index (χ2n) is 3.50. The highest BCUT2D eigenvalue weighted by Crippen LogP contribution is 2.28. The second kappa shape index (κ2) is 3.61. The highest BCUT2D eigenvalue weighted by atomic mass is 32.1. The fraction of sp³-hybridized carbons (Fsp3) is 0. The third-order valence-electron chi connectivity index (χ3n) is 2.47. The Labute approximate surface area is 105 Å². The van der Waals surface area contributed by atoms with Crippen molar-refractivity contribution in [3.05, 3.63) is 43.7 Å². The Morgan fingerprint density at radius 1 is 1.35 bits per heavy atom. The molecule has 2 aromatic rings. The summed E-state index contributed by atoms with van der Waals surface area (Å²) < 4.78 is 0.433. The first-order valence-electron chi connectivity index (χ1n) is 4.81. The maximum absolute atomic E-state index is 11.8. The van der Waals surface area contributed by atoms with Gasteiger partial charge in [-0.25, -0.2) is 4.99 Å². The topological polar surface area (TPSA) is 65.5 Å². The van der Waals surface area contributed by atoms with Crippen molar-refractivity contribution in [2.24, 2.45) is 4.99 Å². The number of aromatic hydroxyl groups is 1. The van der Waals surface area contributed by atoms with Gasteiger partial charge in [-0.15, -0.1) is 11.3 Å². The number of fused-ring (bicyclic) bond motifs is 1. The average molecular weight is 262 g/mol. The van der Waals surface area contributed by atoms with Gasteiger partial charge in [0.25, 0.3) is 5.91 Å². The summed E-state index contributed by atoms with van der Waals surface area (Å²) in [5, 5.41) is 11.1. The molecule has 0 atom stereocenters. The van der Waals surface area contributed by atoms with E-state index in [4.69, 9.17) is 12.2 Å². The predicted molar refractivity (Wildman–Crippen MR) is 65.9 cm³/mol. The van der Waals surface area contributed by atoms with Gasteiger partial charge in [-0.3, -0.25) is 4.79 Å². The van der Waals surface area contributed by atoms with Crippen LogP contribution in [0.3, 0.4) is 0 Å². The third kappa shape index (κ3) is 1.53. The zero-order chi connectivity index (χ0) is 12.0. The van der Waals surface area contributed by atoms with Crippen LogP contribution >= 0.6 is 23.6 Å². The van der Waals surface area contributed by atoms with Crippen molar-refractivity contribution < 1.29 is 9.90 Å². The first-order valence-corrected chi connectivity index (χ1v) is 6.04. The summed E-state index contributed by atoms with van der Waals surface area (Å²) in [4.78, 5) is 18.8. The van der Waals surface area contributed by atoms with E-state index in [-0.39, 0.29) is 11.8 Å². The summed E-state index contributed by atoms with van der Waals surface area (Å²) in [6.07, 6.45) is 0. The lowest BCUT2D eigenvalue weighted by atomic mass is 10.1. The molecule has 2 heterocycles. The summed E-state index contributed by atoms with van der Waals surface area (Å²) in [5.74, 6) is -0.415. The maximum Gasteiger partial charge on any atom is 0.279 e. The molecule has 3 rings (SSSR count). The minimum absolute atomic E-state index is 0.0738. The van der Waals surface area contributed by atoms with E-state index in [0.29, 0.717) is 19.8 Å². The lowest BCUT2D eigenvalue weighted by Crippen LogP contribution is -2.22. The molecule has 0 fully saturated rings. The molecular weight excluding hydrogens is 256 g/mol. The zero-order valence-electron chi connectivity index (χ0n) is 8.43. The van der Waals surface area contributed by atoms with Crippen LogP contribution in [0, 0.1) is 3.95 Å². The van der Waals surface area contributed by atoms with Crippen LogP contribution < -0.4 is 10.6 Å². The number of aromatic amines is 1. The first-order chi connectivity index (χ1) is 8.16. The number of nitrogens with one attached hydrogen (secondary N) is 1. The van der Waals surface area contributed by atoms with Gasteiger partial charge in [-0.05, 0) is 18.3 Å². The van der Waals surface area contributed by atoms with E-state index in [2.05, 4.69) is 9.98 Å². The molecule has 1 aliphatic heterocycles. The van der Waals surface area contributed by atoms with Gasteiger partial charge >= 0.3 is 0 Å². The Hall–Kier alpha value is -1.79. The molecule has 1 aromatic carbocycles. The summed E-state index contributed by atoms with van der Waals surface area (Å²) in [5.41, 5.74) is 0.412. The largest absolute Gasteiger partial charge is 0.494 e. The number of nitrogens with zero attached hydrogens (tertiary/aromatic N) is 1. The first kappa shape index (κ1) is 10.4. The van der Waals surface area contributed by atoms with Crippen LogP contribution in [0.25, 0.3) is 5.57 Å². The number of thiazole rings is 1. The van der Waals surface area contributed by atoms with Crippen LogP contribution in [-0.4, -0.2) is 16.0 Å². The molecule has 0 aliphatic carbocycles. The smallest absolute Gasteiger partial charge is 0.279 e. The van der Waals surface area contributed by atoms with Crippen molar-refractivity contribution in [1.29, 1.82) is 0 Å². The van der Waals surface area contributed by atoms with Crippen molar-refractivity contribution in [2.45, 2.75) is 0 Å². The number of carbonyl (C=O) groups is 1. The lowest BCUT2D eigenvalue weighted by Gasteiger charge is -1.95. The molecule has 0 bridgehead atoms. The molecule has 17 heavy (non-hydrogen) atoms. The van der Waals surface area contributed by atoms with Gasteiger partial charge in [-0.2, -0.15) is 0 Å². The zero-order valence-corrected chi connectivity index (χ0v) is 10.1. The summed E-state index contributed by atoms with van der Waals surface area (Å²) in [6, 6.07) is 7.22. The highest BCUT2D eigenvalue weighted by molar-refractivity contribution is 7.73. The molecule has 1 aliphatic rings. The lowest BCUT2D eigenvalue weighted by molar-refractivity contribution is -0.112. The van der Waals surface area contributed by atoms with Gasteiger partial charge in [0.2, 0.25) is 5.88 Å². The van der Waals surface area contributed by atoms with Crippen LogP contribution in [0.15, 0.2) is 29.3 Å². The van der Waals surface area contributed by atoms with Gasteiger partial charge in [0.1, 0.15) is 4.88 Å². The molecule has 0 unspecified atom stereocenters. The molecule has 2 N–H and O–H groups in total. The number of hydrogen-bond acceptors (Lipinski definition) is 4. The van der Waals surface area contributed by atoms with Crippen molar-refractivity contribution in [3.63, 3.8) is 0 Å². The second-order valence-corrected chi connectivity index (χ2v) is 5.19. The van der Waals surface area contributed by atoms with Crippen molar-refractivity contribution in [3.8, 4) is 5.88 Å². The van der Waals surface area contributed by atoms with E-state index in [1.54, 1.807) is 12.1 Å². The Balaban J connectivity index is 2.44. The standard InChI is InChI=1S/C11H6N2O2S2/c14-9-7(8-10(15)13-11(16)17-8)5-3-1-2-4-6(5)12-9/h1-4,15H,(H,13,16). The van der Waals surface area contributed by atoms with Crippen molar-refractivity contribution in [1.82, 2.24) is 4.98 Å². The Bertz CT molecular complexity index is 801. The van der Waals surface area contributed by atoms with Gasteiger partial charge in [0, 0.05) is 5.22 Å². The maximum atomic E-state index is 11.8. The number of hydrogen-bond donors (Lipinski definition) is 2. The van der Waals surface area contributed by atoms with Crippen molar-refractivity contribution in [2.75, 3.05) is 0 Å². The van der Waals surface area contributed by atoms with E-state index in [1.165, 1.54) is 11.3 Å². The van der Waals surface area contributed by atoms with E-state index >= 15 is 0 Å². The molecule has 4 nitrogen and oxygen atoms in total. The number of H-pyrrole nitrogens is 1. The molecular formula is C11H6N2O2S2. The normalized spacial score (nSPS) is 13.6. The van der Waals surface area contributed by atoms with E-state index in [1.807, 2.05) is 12.1 Å². The van der Waals surface area contributed by atoms with E-state index in [0.717, 1.165) is 5.22 Å². The van der Waals surface area contributed by atoms with E-state index < -0.39 is 0 Å². The van der Waals surface area contributed by atoms with Gasteiger partial charge in [0.15, 0.2) is 3.95 Å². The Kier molecular flexibility index (Phi) is 2.20. The molecule has 1 aromatic heterocycles. The van der Waals surface area contributed by atoms with Crippen LogP contribution in [0.1, 0.15) is 4.88 Å². The SMILES string of the molecule is O=C1N=c2ccccc2=C1c1sc(=S)[nH]c1O. The van der Waals surface area contributed by atoms with Crippen LogP contribution in [0.2, 0.25) is 0 Å². The number of amides is 1. The molecule has 0 saturated carbocycles. The molecule has 0 spiro atoms. The van der Waals surface area contributed by atoms with Gasteiger partial charge < -0.3 is 10.1 Å². The van der Waals surface area contributed by atoms with E-state index in [9.17, 15) is 9.90 Å². The van der Waals surface area contributed by atoms with Crippen LogP contribution in [0.5, 0.6) is 5.88 Å². The average Bonchev–Trinajstić information content (AvgIpc) is 2.77. The minimum atomic E-state index is -0.341. The number of aromatic nitrogens is 1. The fourth-order valence-corrected chi connectivity index (χ4v) is 2.90. The minimum Gasteiger partial charge on any atom is -0.494 e. The highest BCUT2D eigenvalue weighted by Gasteiger charge is 2.22. The van der Waals surface area contributed by atoms with Crippen LogP contribution in [-0.2, 0) is 4.79 Å². The number of para-hydroxylation sites is 1. The monoisotopic (exact) mass is 262 g/mol. The summed E-state index contributed by atoms with van der Waals surface area (Å²) >= 11 is 6.11. The predicted octanol–water partition coefficient (Wildman–Crippen LogP) is 0.870. The number of rotatable bonds is 1. The number of benzene rings is 1. The van der Waals surface area contributed by atoms with Gasteiger partial charge in [-0.1, -0.05) is 18.2 Å². The number of carbonyl (C=O) groups excluding carboxylic acids is 1. The summed E-state index contributed by atoms with van der Waals surface area (Å²) in [7, 11) is 0. The van der Waals surface area contributed by atoms with Gasteiger partial charge in [0.05, 0.1) is 10.9 Å². The molecule has 0 radical (unpaired) electrons. The molecule has 1 amide bonds. The summed E-state index contributed by atoms with van der Waals surface area (Å²) in [6.45, 7) is 0. The molecule has 84 valence electrons. The molecule has 6 heteroatoms.